The molecule has 0 bridgehead atoms. The third kappa shape index (κ3) is 4.12. The molecular formula is C26H23BrN2O5S. The fourth-order valence-corrected chi connectivity index (χ4v) is 5.73. The van der Waals surface area contributed by atoms with Crippen LogP contribution in [0.5, 0.6) is 11.5 Å². The second-order valence-electron chi connectivity index (χ2n) is 8.62. The van der Waals surface area contributed by atoms with E-state index in [4.69, 9.17) is 14.2 Å². The van der Waals surface area contributed by atoms with Crippen LogP contribution in [0.15, 0.2) is 61.9 Å². The highest BCUT2D eigenvalue weighted by atomic mass is 79.9. The average Bonchev–Trinajstić information content (AvgIpc) is 3.41. The van der Waals surface area contributed by atoms with E-state index in [2.05, 4.69) is 34.8 Å². The molecule has 0 saturated carbocycles. The Hall–Kier alpha value is -3.17. The second-order valence-corrected chi connectivity index (χ2v) is 10.5. The molecule has 0 radical (unpaired) electrons. The number of hydrogen-bond donors (Lipinski definition) is 0. The van der Waals surface area contributed by atoms with Crippen LogP contribution in [0.4, 0.5) is 0 Å². The summed E-state index contributed by atoms with van der Waals surface area (Å²) in [4.78, 5) is 31.7. The molecule has 0 saturated heterocycles. The van der Waals surface area contributed by atoms with Crippen LogP contribution < -0.4 is 24.4 Å². The lowest BCUT2D eigenvalue weighted by Crippen LogP contribution is -2.39. The number of esters is 1. The summed E-state index contributed by atoms with van der Waals surface area (Å²) < 4.78 is 18.9. The Labute approximate surface area is 214 Å². The van der Waals surface area contributed by atoms with Gasteiger partial charge in [-0.25, -0.2) is 9.79 Å². The van der Waals surface area contributed by atoms with Crippen molar-refractivity contribution in [3.63, 3.8) is 0 Å². The molecule has 7 nitrogen and oxygen atoms in total. The first-order valence-electron chi connectivity index (χ1n) is 11.1. The number of rotatable bonds is 4. The van der Waals surface area contributed by atoms with Gasteiger partial charge in [-0.3, -0.25) is 9.36 Å². The molecule has 3 aromatic rings. The molecule has 2 aliphatic rings. The monoisotopic (exact) mass is 554 g/mol. The number of carbonyl (C=O) groups excluding carboxylic acids is 1. The number of ether oxygens (including phenoxy) is 3. The SMILES string of the molecule is COC(=O)C1=C(C)N=c2sc(=Cc3cc4c(cc3Br)OCO4)c(=O)n2[C@@H]1c1ccc(C(C)C)cc1. The standard InChI is InChI=1S/C26H23BrN2O5S/c1-13(2)15-5-7-16(8-6-15)23-22(25(31)32-4)14(3)28-26-29(23)24(30)21(35-26)10-17-9-19-20(11-18(17)27)34-12-33-19/h5-11,13,23H,12H2,1-4H3/t23-/m1/s1. The summed E-state index contributed by atoms with van der Waals surface area (Å²) >= 11 is 4.83. The molecule has 0 fully saturated rings. The van der Waals surface area contributed by atoms with Crippen LogP contribution >= 0.6 is 27.3 Å². The van der Waals surface area contributed by atoms with Crippen LogP contribution in [0, 0.1) is 0 Å². The Bertz CT molecular complexity index is 1550. The van der Waals surface area contributed by atoms with Crippen LogP contribution in [0.25, 0.3) is 6.08 Å². The number of aromatic nitrogens is 1. The zero-order valence-corrected chi connectivity index (χ0v) is 22.0. The molecule has 0 spiro atoms. The quantitative estimate of drug-likeness (QED) is 0.455. The van der Waals surface area contributed by atoms with E-state index in [-0.39, 0.29) is 12.4 Å². The molecule has 0 aliphatic carbocycles. The van der Waals surface area contributed by atoms with E-state index >= 15 is 0 Å². The van der Waals surface area contributed by atoms with Crippen molar-refractivity contribution in [3.8, 4) is 11.5 Å². The summed E-state index contributed by atoms with van der Waals surface area (Å²) in [5, 5.41) is 0. The maximum absolute atomic E-state index is 13.7. The van der Waals surface area contributed by atoms with Gasteiger partial charge in [0.05, 0.1) is 29.0 Å². The number of methoxy groups -OCH3 is 1. The lowest BCUT2D eigenvalue weighted by molar-refractivity contribution is -0.136. The molecule has 35 heavy (non-hydrogen) atoms. The van der Waals surface area contributed by atoms with E-state index < -0.39 is 12.0 Å². The van der Waals surface area contributed by atoms with Gasteiger partial charge in [-0.05, 0) is 47.7 Å². The normalized spacial score (nSPS) is 17.0. The summed E-state index contributed by atoms with van der Waals surface area (Å²) in [7, 11) is 1.34. The number of nitrogens with zero attached hydrogens (tertiary/aromatic N) is 2. The van der Waals surface area contributed by atoms with Crippen molar-refractivity contribution in [1.82, 2.24) is 4.57 Å². The highest BCUT2D eigenvalue weighted by Gasteiger charge is 2.33. The molecule has 0 unspecified atom stereocenters. The van der Waals surface area contributed by atoms with Gasteiger partial charge in [0.2, 0.25) is 6.79 Å². The van der Waals surface area contributed by atoms with Crippen molar-refractivity contribution in [2.45, 2.75) is 32.7 Å². The maximum atomic E-state index is 13.7. The van der Waals surface area contributed by atoms with Gasteiger partial charge in [0.15, 0.2) is 16.3 Å². The minimum Gasteiger partial charge on any atom is -0.466 e. The highest BCUT2D eigenvalue weighted by Crippen LogP contribution is 2.37. The average molecular weight is 555 g/mol. The van der Waals surface area contributed by atoms with Gasteiger partial charge in [0, 0.05) is 4.47 Å². The van der Waals surface area contributed by atoms with Gasteiger partial charge >= 0.3 is 5.97 Å². The number of halogens is 1. The number of allylic oxidation sites excluding steroid dienone is 1. The first kappa shape index (κ1) is 23.6. The molecule has 0 amide bonds. The lowest BCUT2D eigenvalue weighted by Gasteiger charge is -2.24. The van der Waals surface area contributed by atoms with Gasteiger partial charge in [0.25, 0.3) is 5.56 Å². The molecule has 2 aromatic carbocycles. The Kier molecular flexibility index (Phi) is 6.14. The summed E-state index contributed by atoms with van der Waals surface area (Å²) in [6, 6.07) is 11.0. The number of benzene rings is 2. The van der Waals surface area contributed by atoms with Gasteiger partial charge in [-0.15, -0.1) is 0 Å². The summed E-state index contributed by atoms with van der Waals surface area (Å²) in [5.41, 5.74) is 3.43. The Morgan fingerprint density at radius 1 is 1.23 bits per heavy atom. The molecular weight excluding hydrogens is 532 g/mol. The largest absolute Gasteiger partial charge is 0.466 e. The fraction of sp³-hybridized carbons (Fsp3) is 0.269. The Balaban J connectivity index is 1.70. The summed E-state index contributed by atoms with van der Waals surface area (Å²) in [6.45, 7) is 6.18. The predicted molar refractivity (Wildman–Crippen MR) is 137 cm³/mol. The van der Waals surface area contributed by atoms with Crippen LogP contribution in [-0.2, 0) is 9.53 Å². The van der Waals surface area contributed by atoms with Crippen LogP contribution in [0.1, 0.15) is 49.4 Å². The zero-order chi connectivity index (χ0) is 24.9. The summed E-state index contributed by atoms with van der Waals surface area (Å²) in [5.74, 6) is 1.14. The van der Waals surface area contributed by atoms with Crippen molar-refractivity contribution < 1.29 is 19.0 Å². The first-order valence-corrected chi connectivity index (χ1v) is 12.7. The van der Waals surface area contributed by atoms with Crippen molar-refractivity contribution in [2.75, 3.05) is 13.9 Å². The van der Waals surface area contributed by atoms with Gasteiger partial charge < -0.3 is 14.2 Å². The first-order chi connectivity index (χ1) is 16.8. The Morgan fingerprint density at radius 2 is 1.91 bits per heavy atom. The molecule has 1 atom stereocenters. The Morgan fingerprint density at radius 3 is 2.57 bits per heavy atom. The van der Waals surface area contributed by atoms with Crippen molar-refractivity contribution in [3.05, 3.63) is 88.5 Å². The molecule has 9 heteroatoms. The molecule has 2 aliphatic heterocycles. The van der Waals surface area contributed by atoms with Gasteiger partial charge in [-0.1, -0.05) is 65.4 Å². The number of thiazole rings is 1. The molecule has 180 valence electrons. The highest BCUT2D eigenvalue weighted by molar-refractivity contribution is 9.10. The van der Waals surface area contributed by atoms with Gasteiger partial charge in [0.1, 0.15) is 0 Å². The number of carbonyl (C=O) groups is 1. The van der Waals surface area contributed by atoms with Crippen molar-refractivity contribution in [2.24, 2.45) is 4.99 Å². The number of fused-ring (bicyclic) bond motifs is 2. The van der Waals surface area contributed by atoms with Crippen LogP contribution in [0.2, 0.25) is 0 Å². The maximum Gasteiger partial charge on any atom is 0.338 e. The smallest absolute Gasteiger partial charge is 0.338 e. The third-order valence-corrected chi connectivity index (χ3v) is 7.79. The van der Waals surface area contributed by atoms with Crippen LogP contribution in [-0.4, -0.2) is 24.4 Å². The van der Waals surface area contributed by atoms with Gasteiger partial charge in [-0.2, -0.15) is 0 Å². The predicted octanol–water partition coefficient (Wildman–Crippen LogP) is 4.02. The number of hydrogen-bond acceptors (Lipinski definition) is 7. The van der Waals surface area contributed by atoms with E-state index in [9.17, 15) is 9.59 Å². The zero-order valence-electron chi connectivity index (χ0n) is 19.6. The molecule has 1 aromatic heterocycles. The molecule has 5 rings (SSSR count). The van der Waals surface area contributed by atoms with Crippen LogP contribution in [0.3, 0.4) is 0 Å². The minimum absolute atomic E-state index is 0.165. The molecule has 3 heterocycles. The summed E-state index contributed by atoms with van der Waals surface area (Å²) in [6.07, 6.45) is 1.80. The second kappa shape index (κ2) is 9.13. The van der Waals surface area contributed by atoms with Crippen molar-refractivity contribution in [1.29, 1.82) is 0 Å². The van der Waals surface area contributed by atoms with E-state index in [0.29, 0.717) is 38.0 Å². The molecule has 0 N–H and O–H groups in total. The van der Waals surface area contributed by atoms with E-state index in [1.54, 1.807) is 17.6 Å². The third-order valence-electron chi connectivity index (χ3n) is 6.12. The van der Waals surface area contributed by atoms with E-state index in [1.807, 2.05) is 36.4 Å². The fourth-order valence-electron chi connectivity index (χ4n) is 4.26. The van der Waals surface area contributed by atoms with E-state index in [1.165, 1.54) is 24.0 Å². The van der Waals surface area contributed by atoms with Crippen molar-refractivity contribution >= 4 is 39.3 Å². The minimum atomic E-state index is -0.637. The lowest BCUT2D eigenvalue weighted by atomic mass is 9.93. The topological polar surface area (TPSA) is 79.1 Å². The van der Waals surface area contributed by atoms with E-state index in [0.717, 1.165) is 15.6 Å².